The Morgan fingerprint density at radius 1 is 1.04 bits per heavy atom. The number of aryl methyl sites for hydroxylation is 1. The molecule has 0 saturated carbocycles. The van der Waals surface area contributed by atoms with Gasteiger partial charge in [0.2, 0.25) is 10.0 Å². The number of carbonyl (C=O) groups is 2. The third-order valence-corrected chi connectivity index (χ3v) is 5.58. The summed E-state index contributed by atoms with van der Waals surface area (Å²) < 4.78 is 30.9. The minimum absolute atomic E-state index is 0.0790. The Morgan fingerprint density at radius 2 is 1.68 bits per heavy atom. The third kappa shape index (κ3) is 5.44. The van der Waals surface area contributed by atoms with Crippen LogP contribution in [-0.4, -0.2) is 45.4 Å². The van der Waals surface area contributed by atoms with Crippen molar-refractivity contribution in [3.8, 4) is 5.75 Å². The zero-order valence-corrected chi connectivity index (χ0v) is 16.5. The van der Waals surface area contributed by atoms with Crippen LogP contribution in [-0.2, 0) is 14.8 Å². The predicted octanol–water partition coefficient (Wildman–Crippen LogP) is 1.48. The summed E-state index contributed by atoms with van der Waals surface area (Å²) in [6, 6.07) is 12.3. The average molecular weight is 406 g/mol. The molecule has 3 amide bonds. The number of carbonyl (C=O) groups excluding carboxylic acids is 2. The molecule has 150 valence electrons. The van der Waals surface area contributed by atoms with Gasteiger partial charge in [-0.25, -0.2) is 18.6 Å². The molecule has 0 atom stereocenters. The highest BCUT2D eigenvalue weighted by molar-refractivity contribution is 7.89. The maximum Gasteiger partial charge on any atom is 0.338 e. The van der Waals surface area contributed by atoms with Crippen molar-refractivity contribution >= 4 is 27.6 Å². The maximum atomic E-state index is 12.5. The van der Waals surface area contributed by atoms with Gasteiger partial charge in [-0.1, -0.05) is 29.8 Å². The summed E-state index contributed by atoms with van der Waals surface area (Å²) in [6.45, 7) is 1.38. The maximum absolute atomic E-state index is 12.5. The first-order valence-corrected chi connectivity index (χ1v) is 9.70. The normalized spacial score (nSPS) is 11.0. The lowest BCUT2D eigenvalue weighted by molar-refractivity contribution is -0.121. The minimum Gasteiger partial charge on any atom is -0.495 e. The summed E-state index contributed by atoms with van der Waals surface area (Å²) in [5, 5.41) is 2.51. The Labute approximate surface area is 163 Å². The van der Waals surface area contributed by atoms with Gasteiger partial charge in [-0.3, -0.25) is 10.2 Å². The quantitative estimate of drug-likeness (QED) is 0.628. The Hall–Kier alpha value is -3.11. The fraction of sp³-hybridized carbons (Fsp3) is 0.222. The van der Waals surface area contributed by atoms with E-state index in [1.807, 2.05) is 6.92 Å². The Bertz CT molecular complexity index is 945. The Balaban J connectivity index is 1.89. The molecular weight excluding hydrogens is 384 g/mol. The van der Waals surface area contributed by atoms with Gasteiger partial charge in [0.25, 0.3) is 5.91 Å². The van der Waals surface area contributed by atoms with Crippen LogP contribution in [0.1, 0.15) is 5.56 Å². The number of rotatable bonds is 6. The molecule has 0 unspecified atom stereocenters. The van der Waals surface area contributed by atoms with Crippen LogP contribution in [0, 0.1) is 6.92 Å². The highest BCUT2D eigenvalue weighted by Gasteiger charge is 2.23. The summed E-state index contributed by atoms with van der Waals surface area (Å²) in [7, 11) is -1.08. The van der Waals surface area contributed by atoms with Gasteiger partial charge < -0.3 is 10.1 Å². The van der Waals surface area contributed by atoms with Crippen LogP contribution in [0.2, 0.25) is 0 Å². The highest BCUT2D eigenvalue weighted by Crippen LogP contribution is 2.22. The molecule has 0 aliphatic rings. The fourth-order valence-electron chi connectivity index (χ4n) is 2.24. The lowest BCUT2D eigenvalue weighted by Crippen LogP contribution is -2.48. The summed E-state index contributed by atoms with van der Waals surface area (Å²) in [4.78, 5) is 24.0. The molecule has 0 aliphatic carbocycles. The van der Waals surface area contributed by atoms with Crippen molar-refractivity contribution in [3.05, 3.63) is 54.1 Å². The highest BCUT2D eigenvalue weighted by atomic mass is 32.2. The number of amides is 3. The molecule has 0 saturated heterocycles. The van der Waals surface area contributed by atoms with E-state index >= 15 is 0 Å². The molecule has 0 spiro atoms. The van der Waals surface area contributed by atoms with Crippen LogP contribution >= 0.6 is 0 Å². The molecular formula is C18H22N4O5S. The Kier molecular flexibility index (Phi) is 6.96. The van der Waals surface area contributed by atoms with Crippen molar-refractivity contribution in [2.24, 2.45) is 0 Å². The number of para-hydroxylation sites is 2. The van der Waals surface area contributed by atoms with Crippen LogP contribution in [0.5, 0.6) is 5.75 Å². The molecule has 0 radical (unpaired) electrons. The van der Waals surface area contributed by atoms with E-state index in [2.05, 4.69) is 16.2 Å². The van der Waals surface area contributed by atoms with Crippen LogP contribution in [0.3, 0.4) is 0 Å². The number of sulfonamides is 1. The smallest absolute Gasteiger partial charge is 0.338 e. The number of hydrogen-bond acceptors (Lipinski definition) is 5. The number of benzene rings is 2. The van der Waals surface area contributed by atoms with Gasteiger partial charge >= 0.3 is 6.03 Å². The van der Waals surface area contributed by atoms with E-state index in [4.69, 9.17) is 4.74 Å². The summed E-state index contributed by atoms with van der Waals surface area (Å²) in [5.74, 6) is -0.249. The fourth-order valence-corrected chi connectivity index (χ4v) is 3.37. The van der Waals surface area contributed by atoms with E-state index in [1.54, 1.807) is 36.4 Å². The van der Waals surface area contributed by atoms with Gasteiger partial charge in [0.1, 0.15) is 5.75 Å². The molecule has 2 aromatic rings. The van der Waals surface area contributed by atoms with Crippen molar-refractivity contribution in [2.45, 2.75) is 11.8 Å². The standard InChI is InChI=1S/C18H22N4O5S/c1-13-8-10-14(11-9-13)28(25,26)22(2)12-17(23)20-21-18(24)19-15-6-4-5-7-16(15)27-3/h4-11H,12H2,1-3H3,(H,20,23)(H2,19,21,24). The molecule has 0 aliphatic heterocycles. The lowest BCUT2D eigenvalue weighted by Gasteiger charge is -2.17. The molecule has 2 rings (SSSR count). The second-order valence-electron chi connectivity index (χ2n) is 5.90. The van der Waals surface area contributed by atoms with Crippen LogP contribution < -0.4 is 20.9 Å². The predicted molar refractivity (Wildman–Crippen MR) is 104 cm³/mol. The van der Waals surface area contributed by atoms with Crippen molar-refractivity contribution in [2.75, 3.05) is 26.0 Å². The van der Waals surface area contributed by atoms with Gasteiger partial charge in [-0.2, -0.15) is 4.31 Å². The van der Waals surface area contributed by atoms with Gasteiger partial charge in [0.15, 0.2) is 0 Å². The van der Waals surface area contributed by atoms with E-state index in [-0.39, 0.29) is 4.90 Å². The topological polar surface area (TPSA) is 117 Å². The summed E-state index contributed by atoms with van der Waals surface area (Å²) >= 11 is 0. The molecule has 0 fully saturated rings. The first-order chi connectivity index (χ1) is 13.2. The van der Waals surface area contributed by atoms with E-state index in [0.29, 0.717) is 11.4 Å². The number of nitrogens with zero attached hydrogens (tertiary/aromatic N) is 1. The first-order valence-electron chi connectivity index (χ1n) is 8.26. The van der Waals surface area contributed by atoms with E-state index in [9.17, 15) is 18.0 Å². The zero-order chi connectivity index (χ0) is 20.7. The molecule has 0 bridgehead atoms. The van der Waals surface area contributed by atoms with E-state index in [0.717, 1.165) is 9.87 Å². The molecule has 0 aromatic heterocycles. The third-order valence-electron chi connectivity index (χ3n) is 3.77. The number of hydrogen-bond donors (Lipinski definition) is 3. The number of urea groups is 1. The number of likely N-dealkylation sites (N-methyl/N-ethyl adjacent to an activating group) is 1. The molecule has 28 heavy (non-hydrogen) atoms. The van der Waals surface area contributed by atoms with Gasteiger partial charge in [0.05, 0.1) is 24.2 Å². The molecule has 2 aromatic carbocycles. The second kappa shape index (κ2) is 9.20. The minimum atomic E-state index is -3.82. The van der Waals surface area contributed by atoms with Crippen molar-refractivity contribution in [1.82, 2.24) is 15.2 Å². The number of hydrazine groups is 1. The van der Waals surface area contributed by atoms with Crippen LogP contribution in [0.25, 0.3) is 0 Å². The van der Waals surface area contributed by atoms with Gasteiger partial charge in [-0.05, 0) is 31.2 Å². The lowest BCUT2D eigenvalue weighted by atomic mass is 10.2. The largest absolute Gasteiger partial charge is 0.495 e. The molecule has 0 heterocycles. The number of methoxy groups -OCH3 is 1. The first kappa shape index (κ1) is 21.2. The van der Waals surface area contributed by atoms with Gasteiger partial charge in [0, 0.05) is 7.05 Å². The van der Waals surface area contributed by atoms with Crippen molar-refractivity contribution < 1.29 is 22.7 Å². The van der Waals surface area contributed by atoms with Gasteiger partial charge in [-0.15, -0.1) is 0 Å². The molecule has 9 nitrogen and oxygen atoms in total. The number of ether oxygens (including phenoxy) is 1. The average Bonchev–Trinajstić information content (AvgIpc) is 2.67. The zero-order valence-electron chi connectivity index (χ0n) is 15.7. The second-order valence-corrected chi connectivity index (χ2v) is 7.95. The SMILES string of the molecule is COc1ccccc1NC(=O)NNC(=O)CN(C)S(=O)(=O)c1ccc(C)cc1. The van der Waals surface area contributed by atoms with E-state index in [1.165, 1.54) is 26.3 Å². The monoisotopic (exact) mass is 406 g/mol. The summed E-state index contributed by atoms with van der Waals surface area (Å²) in [6.07, 6.45) is 0. The van der Waals surface area contributed by atoms with Crippen LogP contribution in [0.15, 0.2) is 53.4 Å². The van der Waals surface area contributed by atoms with Crippen molar-refractivity contribution in [1.29, 1.82) is 0 Å². The van der Waals surface area contributed by atoms with Crippen LogP contribution in [0.4, 0.5) is 10.5 Å². The van der Waals surface area contributed by atoms with E-state index < -0.39 is 28.5 Å². The summed E-state index contributed by atoms with van der Waals surface area (Å²) in [5.41, 5.74) is 5.65. The molecule has 10 heteroatoms. The molecule has 3 N–H and O–H groups in total. The number of anilines is 1. The number of nitrogens with one attached hydrogen (secondary N) is 3. The van der Waals surface area contributed by atoms with Crippen molar-refractivity contribution in [3.63, 3.8) is 0 Å². The Morgan fingerprint density at radius 3 is 2.32 bits per heavy atom.